The second-order valence-electron chi connectivity index (χ2n) is 11.4. The lowest BCUT2D eigenvalue weighted by Gasteiger charge is -2.21. The minimum absolute atomic E-state index is 0.0370. The Balaban J connectivity index is 1.25. The van der Waals surface area contributed by atoms with Crippen LogP contribution in [0.5, 0.6) is 0 Å². The van der Waals surface area contributed by atoms with Gasteiger partial charge in [-0.2, -0.15) is 0 Å². The van der Waals surface area contributed by atoms with Crippen LogP contribution in [0.1, 0.15) is 25.0 Å². The highest BCUT2D eigenvalue weighted by molar-refractivity contribution is 6.01. The van der Waals surface area contributed by atoms with E-state index in [9.17, 15) is 0 Å². The first-order valence-electron chi connectivity index (χ1n) is 14.3. The maximum absolute atomic E-state index is 4.90. The predicted molar refractivity (Wildman–Crippen MR) is 171 cm³/mol. The molecule has 0 amide bonds. The summed E-state index contributed by atoms with van der Waals surface area (Å²) in [4.78, 5) is 14.6. The first kappa shape index (κ1) is 24.4. The molecule has 0 N–H and O–H groups in total. The van der Waals surface area contributed by atoms with Gasteiger partial charge in [0, 0.05) is 44.9 Å². The Bertz CT molecular complexity index is 2030. The lowest BCUT2D eigenvalue weighted by Crippen LogP contribution is -2.14. The third-order valence-electron chi connectivity index (χ3n) is 8.50. The van der Waals surface area contributed by atoms with Gasteiger partial charge in [-0.05, 0) is 47.0 Å². The topological polar surface area (TPSA) is 43.6 Å². The minimum Gasteiger partial charge on any atom is -0.316 e. The van der Waals surface area contributed by atoms with Crippen LogP contribution in [0.2, 0.25) is 0 Å². The molecule has 7 aromatic rings. The Labute approximate surface area is 245 Å². The van der Waals surface area contributed by atoms with Gasteiger partial charge in [0.15, 0.2) is 17.5 Å². The van der Waals surface area contributed by atoms with Gasteiger partial charge in [0.05, 0.1) is 5.52 Å². The fraction of sp³-hybridized carbons (Fsp3) is 0.0789. The van der Waals surface area contributed by atoms with Crippen LogP contribution in [-0.2, 0) is 5.41 Å². The van der Waals surface area contributed by atoms with Crippen molar-refractivity contribution < 1.29 is 0 Å². The summed E-state index contributed by atoms with van der Waals surface area (Å²) < 4.78 is 2.31. The molecule has 0 saturated heterocycles. The summed E-state index contributed by atoms with van der Waals surface area (Å²) in [6.45, 7) is 4.65. The second-order valence-corrected chi connectivity index (χ2v) is 11.4. The number of rotatable bonds is 4. The number of aromatic nitrogens is 4. The van der Waals surface area contributed by atoms with Crippen LogP contribution >= 0.6 is 0 Å². The Kier molecular flexibility index (Phi) is 5.44. The molecule has 4 heteroatoms. The number of nitrogens with zero attached hydrogens (tertiary/aromatic N) is 4. The molecule has 0 bridgehead atoms. The van der Waals surface area contributed by atoms with Gasteiger partial charge < -0.3 is 4.57 Å². The fourth-order valence-corrected chi connectivity index (χ4v) is 6.34. The average molecular weight is 541 g/mol. The van der Waals surface area contributed by atoms with Crippen molar-refractivity contribution in [2.24, 2.45) is 0 Å². The van der Waals surface area contributed by atoms with Crippen molar-refractivity contribution in [2.75, 3.05) is 0 Å². The van der Waals surface area contributed by atoms with E-state index in [1.165, 1.54) is 33.2 Å². The van der Waals surface area contributed by atoms with E-state index < -0.39 is 0 Å². The molecule has 0 radical (unpaired) electrons. The molecular formula is C38H28N4. The molecular weight excluding hydrogens is 512 g/mol. The normalized spacial score (nSPS) is 13.2. The number of hydrogen-bond donors (Lipinski definition) is 0. The van der Waals surface area contributed by atoms with Crippen LogP contribution < -0.4 is 0 Å². The van der Waals surface area contributed by atoms with E-state index >= 15 is 0 Å². The quantitative estimate of drug-likeness (QED) is 0.224. The van der Waals surface area contributed by atoms with Gasteiger partial charge in [-0.25, -0.2) is 15.0 Å². The van der Waals surface area contributed by atoms with E-state index in [0.29, 0.717) is 17.5 Å². The molecule has 0 aliphatic heterocycles. The van der Waals surface area contributed by atoms with Gasteiger partial charge in [0.1, 0.15) is 0 Å². The van der Waals surface area contributed by atoms with Crippen LogP contribution in [0.15, 0.2) is 134 Å². The molecule has 0 saturated carbocycles. The zero-order valence-electron chi connectivity index (χ0n) is 23.5. The standard InChI is InChI=1S/C38H28N4/c1-38(2)31-16-10-9-15-30(31)33-32(38)22-19-25-23-24-42(34(25)33)29-20-17-28(18-21-29)37-40-35(26-11-5-3-6-12-26)39-36(41-37)27-13-7-4-8-14-27/h3-24H,1-2H3. The maximum atomic E-state index is 4.90. The Morgan fingerprint density at radius 3 is 1.67 bits per heavy atom. The summed E-state index contributed by atoms with van der Waals surface area (Å²) in [6.07, 6.45) is 2.18. The van der Waals surface area contributed by atoms with Gasteiger partial charge in [-0.15, -0.1) is 0 Å². The largest absolute Gasteiger partial charge is 0.316 e. The number of benzene rings is 5. The lowest BCUT2D eigenvalue weighted by molar-refractivity contribution is 0.661. The third-order valence-corrected chi connectivity index (χ3v) is 8.50. The van der Waals surface area contributed by atoms with Crippen LogP contribution in [0.25, 0.3) is 61.9 Å². The van der Waals surface area contributed by atoms with E-state index in [4.69, 9.17) is 15.0 Å². The molecule has 4 nitrogen and oxygen atoms in total. The van der Waals surface area contributed by atoms with Gasteiger partial charge in [0.2, 0.25) is 0 Å². The second kappa shape index (κ2) is 9.35. The van der Waals surface area contributed by atoms with E-state index in [1.807, 2.05) is 60.7 Å². The smallest absolute Gasteiger partial charge is 0.164 e. The lowest BCUT2D eigenvalue weighted by atomic mass is 9.82. The van der Waals surface area contributed by atoms with Crippen molar-refractivity contribution in [3.63, 3.8) is 0 Å². The highest BCUT2D eigenvalue weighted by Crippen LogP contribution is 2.51. The first-order valence-corrected chi connectivity index (χ1v) is 14.3. The van der Waals surface area contributed by atoms with Gasteiger partial charge >= 0.3 is 0 Å². The molecule has 5 aromatic carbocycles. The number of hydrogen-bond acceptors (Lipinski definition) is 3. The summed E-state index contributed by atoms with van der Waals surface area (Å²) in [6, 6.07) is 44.3. The summed E-state index contributed by atoms with van der Waals surface area (Å²) >= 11 is 0. The summed E-state index contributed by atoms with van der Waals surface area (Å²) in [5.74, 6) is 1.98. The summed E-state index contributed by atoms with van der Waals surface area (Å²) in [5, 5.41) is 1.24. The van der Waals surface area contributed by atoms with Gasteiger partial charge in [-0.1, -0.05) is 111 Å². The molecule has 42 heavy (non-hydrogen) atoms. The number of fused-ring (bicyclic) bond motifs is 5. The first-order chi connectivity index (χ1) is 20.6. The van der Waals surface area contributed by atoms with E-state index in [-0.39, 0.29) is 5.41 Å². The average Bonchev–Trinajstić information content (AvgIpc) is 3.58. The highest BCUT2D eigenvalue weighted by Gasteiger charge is 2.36. The van der Waals surface area contributed by atoms with Crippen LogP contribution in [-0.4, -0.2) is 19.5 Å². The van der Waals surface area contributed by atoms with Crippen molar-refractivity contribution in [3.8, 4) is 51.0 Å². The van der Waals surface area contributed by atoms with Gasteiger partial charge in [-0.3, -0.25) is 0 Å². The summed E-state index contributed by atoms with van der Waals surface area (Å²) in [7, 11) is 0. The monoisotopic (exact) mass is 540 g/mol. The van der Waals surface area contributed by atoms with Crippen LogP contribution in [0.3, 0.4) is 0 Å². The maximum Gasteiger partial charge on any atom is 0.164 e. The van der Waals surface area contributed by atoms with Crippen LogP contribution in [0, 0.1) is 0 Å². The van der Waals surface area contributed by atoms with Crippen molar-refractivity contribution >= 4 is 10.9 Å². The molecule has 1 aliphatic carbocycles. The molecule has 0 unspecified atom stereocenters. The Morgan fingerprint density at radius 2 is 1.05 bits per heavy atom. The van der Waals surface area contributed by atoms with Crippen LogP contribution in [0.4, 0.5) is 0 Å². The van der Waals surface area contributed by atoms with E-state index in [0.717, 1.165) is 22.4 Å². The molecule has 1 aliphatic rings. The molecule has 200 valence electrons. The predicted octanol–water partition coefficient (Wildman–Crippen LogP) is 9.12. The molecule has 0 fully saturated rings. The van der Waals surface area contributed by atoms with Crippen molar-refractivity contribution in [2.45, 2.75) is 19.3 Å². The zero-order chi connectivity index (χ0) is 28.3. The molecule has 0 spiro atoms. The molecule has 0 atom stereocenters. The Morgan fingerprint density at radius 1 is 0.500 bits per heavy atom. The summed E-state index contributed by atoms with van der Waals surface area (Å²) in [5.41, 5.74) is 10.6. The molecule has 2 heterocycles. The third kappa shape index (κ3) is 3.80. The van der Waals surface area contributed by atoms with Crippen molar-refractivity contribution in [1.82, 2.24) is 19.5 Å². The van der Waals surface area contributed by atoms with E-state index in [2.05, 4.69) is 91.3 Å². The molecule has 2 aromatic heterocycles. The van der Waals surface area contributed by atoms with Gasteiger partial charge in [0.25, 0.3) is 0 Å². The zero-order valence-corrected chi connectivity index (χ0v) is 23.5. The molecule has 8 rings (SSSR count). The van der Waals surface area contributed by atoms with Crippen molar-refractivity contribution in [1.29, 1.82) is 0 Å². The SMILES string of the molecule is CC1(C)c2ccccc2-c2c1ccc1ccn(-c3ccc(-c4nc(-c5ccccc5)nc(-c5ccccc5)n4)cc3)c21. The Hall–Kier alpha value is -5.35. The minimum atomic E-state index is -0.0370. The highest BCUT2D eigenvalue weighted by atomic mass is 15.0. The van der Waals surface area contributed by atoms with Crippen molar-refractivity contribution in [3.05, 3.63) is 145 Å². The fourth-order valence-electron chi connectivity index (χ4n) is 6.34. The van der Waals surface area contributed by atoms with E-state index in [1.54, 1.807) is 0 Å².